The van der Waals surface area contributed by atoms with Gasteiger partial charge in [0.2, 0.25) is 0 Å². The Kier molecular flexibility index (Phi) is 7.64. The van der Waals surface area contributed by atoms with Crippen molar-refractivity contribution < 1.29 is 4.74 Å². The average molecular weight is 540 g/mol. The Morgan fingerprint density at radius 3 is 2.57 bits per heavy atom. The summed E-state index contributed by atoms with van der Waals surface area (Å²) in [6.45, 7) is 7.01. The highest BCUT2D eigenvalue weighted by molar-refractivity contribution is 9.10. The SMILES string of the molecule is CN(C)c1ccc(C=Nn2c(C3CCCCC3)nc3ccc(Br)cc3c2=O)c(OCC(C)(C)C)c1. The topological polar surface area (TPSA) is 59.7 Å². The second-order valence-electron chi connectivity index (χ2n) is 10.8. The fourth-order valence-corrected chi connectivity index (χ4v) is 4.71. The van der Waals surface area contributed by atoms with Crippen LogP contribution in [0.2, 0.25) is 0 Å². The molecule has 1 fully saturated rings. The number of aromatic nitrogens is 2. The van der Waals surface area contributed by atoms with Crippen LogP contribution in [0.5, 0.6) is 5.75 Å². The molecule has 4 rings (SSSR count). The van der Waals surface area contributed by atoms with E-state index in [-0.39, 0.29) is 16.9 Å². The van der Waals surface area contributed by atoms with Gasteiger partial charge in [-0.05, 0) is 48.6 Å². The molecular weight excluding hydrogens is 504 g/mol. The summed E-state index contributed by atoms with van der Waals surface area (Å²) in [5.41, 5.74) is 2.47. The normalized spacial score (nSPS) is 15.1. The monoisotopic (exact) mass is 538 g/mol. The van der Waals surface area contributed by atoms with Crippen LogP contribution in [0.25, 0.3) is 10.9 Å². The third-order valence-corrected chi connectivity index (χ3v) is 6.78. The van der Waals surface area contributed by atoms with Gasteiger partial charge < -0.3 is 9.64 Å². The summed E-state index contributed by atoms with van der Waals surface area (Å²) in [6.07, 6.45) is 7.33. The van der Waals surface area contributed by atoms with Crippen molar-refractivity contribution in [2.45, 2.75) is 58.8 Å². The summed E-state index contributed by atoms with van der Waals surface area (Å²) in [5.74, 6) is 1.73. The molecule has 35 heavy (non-hydrogen) atoms. The predicted molar refractivity (Wildman–Crippen MR) is 148 cm³/mol. The lowest BCUT2D eigenvalue weighted by atomic mass is 9.88. The van der Waals surface area contributed by atoms with Gasteiger partial charge in [-0.3, -0.25) is 4.79 Å². The van der Waals surface area contributed by atoms with E-state index < -0.39 is 0 Å². The van der Waals surface area contributed by atoms with E-state index in [1.807, 2.05) is 55.4 Å². The van der Waals surface area contributed by atoms with Gasteiger partial charge in [0.05, 0.1) is 23.7 Å². The minimum absolute atomic E-state index is 0.0171. The maximum absolute atomic E-state index is 13.6. The second kappa shape index (κ2) is 10.5. The Morgan fingerprint density at radius 1 is 1.14 bits per heavy atom. The molecule has 0 N–H and O–H groups in total. The van der Waals surface area contributed by atoms with Crippen molar-refractivity contribution >= 4 is 38.7 Å². The van der Waals surface area contributed by atoms with Gasteiger partial charge >= 0.3 is 0 Å². The third-order valence-electron chi connectivity index (χ3n) is 6.29. The molecule has 0 amide bonds. The Hall–Kier alpha value is -2.67. The number of anilines is 1. The lowest BCUT2D eigenvalue weighted by Gasteiger charge is -2.23. The molecular formula is C28H35BrN4O2. The van der Waals surface area contributed by atoms with Crippen molar-refractivity contribution in [2.24, 2.45) is 10.5 Å². The third kappa shape index (κ3) is 6.13. The lowest BCUT2D eigenvalue weighted by Crippen LogP contribution is -2.25. The molecule has 3 aromatic rings. The van der Waals surface area contributed by atoms with E-state index in [0.29, 0.717) is 12.0 Å². The summed E-state index contributed by atoms with van der Waals surface area (Å²) in [4.78, 5) is 20.6. The minimum Gasteiger partial charge on any atom is -0.492 e. The molecule has 0 unspecified atom stereocenters. The Balaban J connectivity index is 1.80. The zero-order valence-electron chi connectivity index (χ0n) is 21.3. The number of hydrogen-bond donors (Lipinski definition) is 0. The van der Waals surface area contributed by atoms with E-state index in [1.54, 1.807) is 6.21 Å². The van der Waals surface area contributed by atoms with Gasteiger partial charge in [0, 0.05) is 41.8 Å². The number of ether oxygens (including phenoxy) is 1. The highest BCUT2D eigenvalue weighted by Gasteiger charge is 2.22. The number of nitrogens with zero attached hydrogens (tertiary/aromatic N) is 4. The average Bonchev–Trinajstić information content (AvgIpc) is 2.82. The molecule has 1 heterocycles. The van der Waals surface area contributed by atoms with Crippen LogP contribution in [-0.4, -0.2) is 36.6 Å². The molecule has 7 heteroatoms. The lowest BCUT2D eigenvalue weighted by molar-refractivity contribution is 0.198. The Labute approximate surface area is 216 Å². The predicted octanol–water partition coefficient (Wildman–Crippen LogP) is 6.58. The number of hydrogen-bond acceptors (Lipinski definition) is 5. The number of rotatable bonds is 6. The van der Waals surface area contributed by atoms with Crippen molar-refractivity contribution in [1.29, 1.82) is 0 Å². The van der Waals surface area contributed by atoms with Gasteiger partial charge in [-0.2, -0.15) is 9.78 Å². The molecule has 0 aliphatic heterocycles. The molecule has 1 aromatic heterocycles. The molecule has 1 saturated carbocycles. The molecule has 2 aromatic carbocycles. The number of benzene rings is 2. The summed E-state index contributed by atoms with van der Waals surface area (Å²) >= 11 is 3.49. The smallest absolute Gasteiger partial charge is 0.282 e. The Morgan fingerprint density at radius 2 is 1.89 bits per heavy atom. The summed E-state index contributed by atoms with van der Waals surface area (Å²) < 4.78 is 8.58. The van der Waals surface area contributed by atoms with E-state index in [0.717, 1.165) is 58.5 Å². The zero-order chi connectivity index (χ0) is 25.2. The maximum Gasteiger partial charge on any atom is 0.282 e. The second-order valence-corrected chi connectivity index (χ2v) is 11.7. The van der Waals surface area contributed by atoms with Crippen LogP contribution >= 0.6 is 15.9 Å². The van der Waals surface area contributed by atoms with Crippen LogP contribution in [0.1, 0.15) is 70.2 Å². The van der Waals surface area contributed by atoms with Crippen molar-refractivity contribution in [3.63, 3.8) is 0 Å². The molecule has 0 saturated heterocycles. The molecule has 0 atom stereocenters. The van der Waals surface area contributed by atoms with Crippen molar-refractivity contribution in [3.05, 3.63) is 62.6 Å². The van der Waals surface area contributed by atoms with Gasteiger partial charge in [0.15, 0.2) is 0 Å². The molecule has 0 radical (unpaired) electrons. The first kappa shape index (κ1) is 25.4. The largest absolute Gasteiger partial charge is 0.492 e. The molecule has 186 valence electrons. The highest BCUT2D eigenvalue weighted by atomic mass is 79.9. The Bertz CT molecular complexity index is 1280. The highest BCUT2D eigenvalue weighted by Crippen LogP contribution is 2.32. The summed E-state index contributed by atoms with van der Waals surface area (Å²) in [5, 5.41) is 5.28. The summed E-state index contributed by atoms with van der Waals surface area (Å²) in [6, 6.07) is 11.7. The maximum atomic E-state index is 13.6. The van der Waals surface area contributed by atoms with Crippen LogP contribution in [0.3, 0.4) is 0 Å². The molecule has 1 aliphatic rings. The molecule has 6 nitrogen and oxygen atoms in total. The van der Waals surface area contributed by atoms with Crippen LogP contribution in [0, 0.1) is 5.41 Å². The molecule has 0 spiro atoms. The minimum atomic E-state index is -0.143. The van der Waals surface area contributed by atoms with Gasteiger partial charge in [-0.15, -0.1) is 0 Å². The van der Waals surface area contributed by atoms with Crippen LogP contribution in [-0.2, 0) is 0 Å². The van der Waals surface area contributed by atoms with E-state index in [2.05, 4.69) is 36.7 Å². The first-order valence-electron chi connectivity index (χ1n) is 12.3. The van der Waals surface area contributed by atoms with Crippen molar-refractivity contribution in [3.8, 4) is 5.75 Å². The first-order valence-corrected chi connectivity index (χ1v) is 13.1. The van der Waals surface area contributed by atoms with Crippen molar-refractivity contribution in [2.75, 3.05) is 25.6 Å². The fraction of sp³-hybridized carbons (Fsp3) is 0.464. The fourth-order valence-electron chi connectivity index (χ4n) is 4.35. The quantitative estimate of drug-likeness (QED) is 0.332. The molecule has 1 aliphatic carbocycles. The van der Waals surface area contributed by atoms with Crippen LogP contribution in [0.4, 0.5) is 5.69 Å². The van der Waals surface area contributed by atoms with E-state index in [1.165, 1.54) is 11.1 Å². The van der Waals surface area contributed by atoms with E-state index in [9.17, 15) is 4.79 Å². The van der Waals surface area contributed by atoms with E-state index >= 15 is 0 Å². The zero-order valence-corrected chi connectivity index (χ0v) is 22.9. The van der Waals surface area contributed by atoms with E-state index in [4.69, 9.17) is 14.8 Å². The van der Waals surface area contributed by atoms with Crippen molar-refractivity contribution in [1.82, 2.24) is 9.66 Å². The summed E-state index contributed by atoms with van der Waals surface area (Å²) in [7, 11) is 4.01. The van der Waals surface area contributed by atoms with Gasteiger partial charge in [0.25, 0.3) is 5.56 Å². The number of fused-ring (bicyclic) bond motifs is 1. The molecule has 0 bridgehead atoms. The van der Waals surface area contributed by atoms with Crippen LogP contribution in [0.15, 0.2) is 50.8 Å². The number of halogens is 1. The van der Waals surface area contributed by atoms with Gasteiger partial charge in [-0.1, -0.05) is 56.0 Å². The standard InChI is InChI=1S/C28H35BrN4O2/c1-28(2,3)18-35-25-16-22(32(4)5)13-11-20(25)17-30-33-26(19-9-7-6-8-10-19)31-24-14-12-21(29)15-23(24)27(33)34/h11-17,19H,6-10,18H2,1-5H3. The first-order chi connectivity index (χ1) is 16.6. The van der Waals surface area contributed by atoms with Gasteiger partial charge in [-0.25, -0.2) is 4.98 Å². The van der Waals surface area contributed by atoms with Crippen LogP contribution < -0.4 is 15.2 Å². The van der Waals surface area contributed by atoms with Gasteiger partial charge in [0.1, 0.15) is 11.6 Å².